The van der Waals surface area contributed by atoms with Crippen molar-refractivity contribution >= 4 is 23.4 Å². The molecular weight excluding hydrogens is 262 g/mol. The number of hydrogen-bond acceptors (Lipinski definition) is 4. The summed E-state index contributed by atoms with van der Waals surface area (Å²) in [7, 11) is 6.00. The number of aromatic nitrogens is 4. The number of likely N-dealkylation sites (N-methyl/N-ethyl adjacent to an activating group) is 1. The van der Waals surface area contributed by atoms with Gasteiger partial charge in [0.1, 0.15) is 5.52 Å². The Kier molecular flexibility index (Phi) is 4.38. The molecule has 1 N–H and O–H groups in total. The molecule has 0 atom stereocenters. The highest BCUT2D eigenvalue weighted by Crippen LogP contribution is 2.16. The first-order valence-electron chi connectivity index (χ1n) is 6.35. The fourth-order valence-electron chi connectivity index (χ4n) is 2.09. The molecule has 2 aromatic rings. The van der Waals surface area contributed by atoms with Gasteiger partial charge in [0, 0.05) is 13.6 Å². The van der Waals surface area contributed by atoms with Crippen molar-refractivity contribution in [3.8, 4) is 0 Å². The molecule has 0 aliphatic carbocycles. The molecular formula is C12H21N5OS. The van der Waals surface area contributed by atoms with E-state index in [1.54, 1.807) is 0 Å². The quantitative estimate of drug-likeness (QED) is 0.642. The topological polar surface area (TPSA) is 51.0 Å². The van der Waals surface area contributed by atoms with E-state index in [0.29, 0.717) is 6.61 Å². The van der Waals surface area contributed by atoms with Crippen molar-refractivity contribution in [2.24, 2.45) is 7.05 Å². The van der Waals surface area contributed by atoms with E-state index in [1.165, 1.54) is 0 Å². The van der Waals surface area contributed by atoms with Crippen LogP contribution in [0.1, 0.15) is 5.69 Å². The highest BCUT2D eigenvalue weighted by atomic mass is 32.1. The fourth-order valence-corrected chi connectivity index (χ4v) is 2.36. The molecule has 0 aliphatic rings. The van der Waals surface area contributed by atoms with Crippen molar-refractivity contribution in [2.45, 2.75) is 13.5 Å². The van der Waals surface area contributed by atoms with Gasteiger partial charge in [0.15, 0.2) is 10.4 Å². The zero-order valence-electron chi connectivity index (χ0n) is 11.9. The van der Waals surface area contributed by atoms with Gasteiger partial charge < -0.3 is 14.6 Å². The Morgan fingerprint density at radius 1 is 1.37 bits per heavy atom. The van der Waals surface area contributed by atoms with Crippen molar-refractivity contribution in [1.82, 2.24) is 24.2 Å². The number of rotatable bonds is 6. The van der Waals surface area contributed by atoms with Crippen molar-refractivity contribution in [3.05, 3.63) is 10.5 Å². The Hall–Kier alpha value is -1.18. The van der Waals surface area contributed by atoms with Crippen LogP contribution in [0.15, 0.2) is 0 Å². The Bertz CT molecular complexity index is 609. The van der Waals surface area contributed by atoms with Gasteiger partial charge in [-0.2, -0.15) is 5.10 Å². The Labute approximate surface area is 118 Å². The lowest BCUT2D eigenvalue weighted by molar-refractivity contribution is 0.111. The van der Waals surface area contributed by atoms with E-state index in [1.807, 2.05) is 37.3 Å². The molecule has 2 heterocycles. The van der Waals surface area contributed by atoms with E-state index < -0.39 is 0 Å². The molecule has 0 unspecified atom stereocenters. The first-order valence-corrected chi connectivity index (χ1v) is 6.76. The van der Waals surface area contributed by atoms with Crippen molar-refractivity contribution in [1.29, 1.82) is 0 Å². The summed E-state index contributed by atoms with van der Waals surface area (Å²) in [6.45, 7) is 5.03. The zero-order valence-corrected chi connectivity index (χ0v) is 12.8. The smallest absolute Gasteiger partial charge is 0.179 e. The monoisotopic (exact) mass is 283 g/mol. The number of aryl methyl sites for hydroxylation is 2. The highest BCUT2D eigenvalue weighted by Gasteiger charge is 2.12. The lowest BCUT2D eigenvalue weighted by Crippen LogP contribution is -2.19. The summed E-state index contributed by atoms with van der Waals surface area (Å²) >= 11 is 5.35. The van der Waals surface area contributed by atoms with Gasteiger partial charge >= 0.3 is 0 Å². The minimum Gasteiger partial charge on any atom is -0.378 e. The number of nitrogens with zero attached hydrogens (tertiary/aromatic N) is 4. The van der Waals surface area contributed by atoms with Crippen LogP contribution in [0.25, 0.3) is 11.2 Å². The van der Waals surface area contributed by atoms with E-state index in [2.05, 4.69) is 15.0 Å². The Balaban J connectivity index is 2.04. The third kappa shape index (κ3) is 3.05. The third-order valence-corrected chi connectivity index (χ3v) is 3.39. The van der Waals surface area contributed by atoms with Crippen LogP contribution in [0.3, 0.4) is 0 Å². The van der Waals surface area contributed by atoms with Crippen LogP contribution in [-0.4, -0.2) is 58.1 Å². The molecule has 0 amide bonds. The average molecular weight is 283 g/mol. The summed E-state index contributed by atoms with van der Waals surface area (Å²) in [5, 5.41) is 4.39. The van der Waals surface area contributed by atoms with Gasteiger partial charge in [-0.3, -0.25) is 9.25 Å². The Morgan fingerprint density at radius 2 is 2.11 bits per heavy atom. The lowest BCUT2D eigenvalue weighted by atomic mass is 10.4. The van der Waals surface area contributed by atoms with Crippen molar-refractivity contribution in [2.75, 3.05) is 33.9 Å². The molecule has 6 nitrogen and oxygen atoms in total. The van der Waals surface area contributed by atoms with Gasteiger partial charge in [-0.1, -0.05) is 0 Å². The van der Waals surface area contributed by atoms with Crippen molar-refractivity contribution in [3.63, 3.8) is 0 Å². The van der Waals surface area contributed by atoms with Crippen LogP contribution in [0.4, 0.5) is 0 Å². The number of fused-ring (bicyclic) bond motifs is 1. The van der Waals surface area contributed by atoms with Crippen LogP contribution >= 0.6 is 12.2 Å². The van der Waals surface area contributed by atoms with Gasteiger partial charge in [0.25, 0.3) is 0 Å². The molecule has 0 fully saturated rings. The second kappa shape index (κ2) is 5.85. The summed E-state index contributed by atoms with van der Waals surface area (Å²) in [6.07, 6.45) is 0. The summed E-state index contributed by atoms with van der Waals surface area (Å²) < 4.78 is 10.2. The maximum absolute atomic E-state index is 5.62. The van der Waals surface area contributed by atoms with Crippen LogP contribution in [0.2, 0.25) is 0 Å². The Morgan fingerprint density at radius 3 is 2.79 bits per heavy atom. The van der Waals surface area contributed by atoms with E-state index in [9.17, 15) is 0 Å². The third-order valence-electron chi connectivity index (χ3n) is 3.07. The molecule has 0 bridgehead atoms. The van der Waals surface area contributed by atoms with E-state index in [-0.39, 0.29) is 0 Å². The maximum atomic E-state index is 5.62. The predicted octanol–water partition coefficient (Wildman–Crippen LogP) is 1.32. The number of H-pyrrole nitrogens is 1. The van der Waals surface area contributed by atoms with Gasteiger partial charge in [-0.25, -0.2) is 0 Å². The summed E-state index contributed by atoms with van der Waals surface area (Å²) in [4.78, 5) is 5.31. The van der Waals surface area contributed by atoms with Crippen molar-refractivity contribution < 1.29 is 4.74 Å². The second-order valence-corrected chi connectivity index (χ2v) is 5.29. The SMILES string of the molecule is Cc1nn(C)c2c1[nH]c(=S)n2CCOCCN(C)C. The van der Waals surface area contributed by atoms with Gasteiger partial charge in [0.05, 0.1) is 25.5 Å². The number of nitrogens with one attached hydrogen (secondary N) is 1. The normalized spacial score (nSPS) is 11.8. The van der Waals surface area contributed by atoms with Gasteiger partial charge in [0.2, 0.25) is 0 Å². The molecule has 0 saturated carbocycles. The molecule has 19 heavy (non-hydrogen) atoms. The van der Waals surface area contributed by atoms with Gasteiger partial charge in [-0.05, 0) is 33.2 Å². The molecule has 2 aromatic heterocycles. The molecule has 0 aliphatic heterocycles. The molecule has 7 heteroatoms. The van der Waals surface area contributed by atoms with E-state index in [0.717, 1.165) is 41.3 Å². The molecule has 0 spiro atoms. The number of ether oxygens (including phenoxy) is 1. The molecule has 0 radical (unpaired) electrons. The second-order valence-electron chi connectivity index (χ2n) is 4.91. The average Bonchev–Trinajstić information content (AvgIpc) is 2.78. The van der Waals surface area contributed by atoms with Crippen LogP contribution in [-0.2, 0) is 18.3 Å². The maximum Gasteiger partial charge on any atom is 0.179 e. The number of hydrogen-bond donors (Lipinski definition) is 1. The minimum absolute atomic E-state index is 0.652. The lowest BCUT2D eigenvalue weighted by Gasteiger charge is -2.10. The zero-order chi connectivity index (χ0) is 14.0. The van der Waals surface area contributed by atoms with E-state index >= 15 is 0 Å². The van der Waals surface area contributed by atoms with E-state index in [4.69, 9.17) is 17.0 Å². The molecule has 0 saturated heterocycles. The summed E-state index contributed by atoms with van der Waals surface area (Å²) in [5.74, 6) is 0. The van der Waals surface area contributed by atoms with Crippen LogP contribution < -0.4 is 0 Å². The number of imidazole rings is 1. The highest BCUT2D eigenvalue weighted by molar-refractivity contribution is 7.71. The largest absolute Gasteiger partial charge is 0.378 e. The molecule has 0 aromatic carbocycles. The van der Waals surface area contributed by atoms with Gasteiger partial charge in [-0.15, -0.1) is 0 Å². The number of aromatic amines is 1. The summed E-state index contributed by atoms with van der Waals surface area (Å²) in [5.41, 5.74) is 3.01. The first-order chi connectivity index (χ1) is 9.00. The van der Waals surface area contributed by atoms with Crippen LogP contribution in [0, 0.1) is 11.7 Å². The minimum atomic E-state index is 0.652. The summed E-state index contributed by atoms with van der Waals surface area (Å²) in [6, 6.07) is 0. The first kappa shape index (κ1) is 14.2. The molecule has 106 valence electrons. The molecule has 2 rings (SSSR count). The predicted molar refractivity (Wildman–Crippen MR) is 78.0 cm³/mol. The van der Waals surface area contributed by atoms with Crippen LogP contribution in [0.5, 0.6) is 0 Å². The standard InChI is InChI=1S/C12H21N5OS/c1-9-10-11(16(4)14-9)17(12(19)13-10)6-8-18-7-5-15(2)3/h5-8H2,1-4H3,(H,13,19). The fraction of sp³-hybridized carbons (Fsp3) is 0.667.